The fourth-order valence-corrected chi connectivity index (χ4v) is 2.11. The smallest absolute Gasteiger partial charge is 0.270 e. The Bertz CT molecular complexity index is 717. The van der Waals surface area contributed by atoms with Gasteiger partial charge in [-0.05, 0) is 59.3 Å². The van der Waals surface area contributed by atoms with Crippen molar-refractivity contribution in [3.63, 3.8) is 0 Å². The quantitative estimate of drug-likeness (QED) is 0.483. The molecule has 0 bridgehead atoms. The van der Waals surface area contributed by atoms with E-state index in [0.717, 1.165) is 15.7 Å². The molecular weight excluding hydrogens is 390 g/mol. The van der Waals surface area contributed by atoms with Crippen LogP contribution in [0.4, 0.5) is 15.8 Å². The molecule has 2 rings (SSSR count). The van der Waals surface area contributed by atoms with Gasteiger partial charge < -0.3 is 5.32 Å². The summed E-state index contributed by atoms with van der Waals surface area (Å²) in [6.07, 6.45) is 0. The number of rotatable bonds is 3. The van der Waals surface area contributed by atoms with Gasteiger partial charge in [-0.1, -0.05) is 0 Å². The summed E-state index contributed by atoms with van der Waals surface area (Å²) in [6.45, 7) is 1.38. The zero-order valence-corrected chi connectivity index (χ0v) is 13.0. The number of carbonyl (C=O) groups is 1. The second kappa shape index (κ2) is 6.17. The van der Waals surface area contributed by atoms with Gasteiger partial charge in [0.2, 0.25) is 0 Å². The molecule has 0 spiro atoms. The molecule has 1 amide bonds. The van der Waals surface area contributed by atoms with E-state index in [-0.39, 0.29) is 16.8 Å². The van der Waals surface area contributed by atoms with Crippen LogP contribution in [0.3, 0.4) is 0 Å². The number of nitrogens with zero attached hydrogens (tertiary/aromatic N) is 1. The molecule has 0 unspecified atom stereocenters. The molecule has 0 aliphatic rings. The molecule has 1 N–H and O–H groups in total. The zero-order valence-electron chi connectivity index (χ0n) is 10.9. The number of benzene rings is 2. The second-order valence-corrected chi connectivity index (χ2v) is 5.59. The van der Waals surface area contributed by atoms with Gasteiger partial charge in [-0.25, -0.2) is 4.39 Å². The first-order chi connectivity index (χ1) is 9.88. The number of hydrogen-bond acceptors (Lipinski definition) is 3. The first-order valence-corrected chi connectivity index (χ1v) is 6.98. The monoisotopic (exact) mass is 400 g/mol. The van der Waals surface area contributed by atoms with E-state index in [0.29, 0.717) is 5.69 Å². The van der Waals surface area contributed by atoms with Crippen molar-refractivity contribution >= 4 is 39.9 Å². The Morgan fingerprint density at radius 3 is 2.48 bits per heavy atom. The molecule has 0 heterocycles. The Morgan fingerprint density at radius 1 is 1.29 bits per heavy atom. The largest absolute Gasteiger partial charge is 0.322 e. The second-order valence-electron chi connectivity index (χ2n) is 4.34. The van der Waals surface area contributed by atoms with E-state index in [1.807, 2.05) is 0 Å². The van der Waals surface area contributed by atoms with Gasteiger partial charge in [0.05, 0.1) is 10.5 Å². The van der Waals surface area contributed by atoms with Crippen LogP contribution in [-0.4, -0.2) is 10.8 Å². The highest BCUT2D eigenvalue weighted by atomic mass is 127. The first-order valence-electron chi connectivity index (χ1n) is 5.90. The van der Waals surface area contributed by atoms with Gasteiger partial charge in [0.25, 0.3) is 11.6 Å². The van der Waals surface area contributed by atoms with Crippen LogP contribution in [0.15, 0.2) is 36.4 Å². The molecule has 0 aromatic heterocycles. The average Bonchev–Trinajstić information content (AvgIpc) is 2.43. The molecular formula is C14H10FIN2O3. The van der Waals surface area contributed by atoms with E-state index in [4.69, 9.17) is 0 Å². The number of non-ortho nitro benzene ring substituents is 1. The van der Waals surface area contributed by atoms with E-state index in [2.05, 4.69) is 27.9 Å². The minimum Gasteiger partial charge on any atom is -0.322 e. The number of nitro benzene ring substituents is 1. The number of nitrogens with one attached hydrogen (secondary N) is 1. The van der Waals surface area contributed by atoms with E-state index in [1.165, 1.54) is 6.92 Å². The predicted molar refractivity (Wildman–Crippen MR) is 84.9 cm³/mol. The molecule has 0 saturated carbocycles. The van der Waals surface area contributed by atoms with Gasteiger partial charge in [-0.2, -0.15) is 0 Å². The zero-order chi connectivity index (χ0) is 15.6. The van der Waals surface area contributed by atoms with Crippen molar-refractivity contribution in [1.29, 1.82) is 0 Å². The van der Waals surface area contributed by atoms with Crippen molar-refractivity contribution < 1.29 is 14.1 Å². The van der Waals surface area contributed by atoms with Gasteiger partial charge in [0.1, 0.15) is 5.82 Å². The Hall–Kier alpha value is -2.03. The maximum atomic E-state index is 14.0. The Labute approximate surface area is 133 Å². The Morgan fingerprint density at radius 2 is 1.90 bits per heavy atom. The van der Waals surface area contributed by atoms with Crippen molar-refractivity contribution in [1.82, 2.24) is 0 Å². The predicted octanol–water partition coefficient (Wildman–Crippen LogP) is 3.90. The van der Waals surface area contributed by atoms with Crippen molar-refractivity contribution in [3.05, 3.63) is 67.0 Å². The Kier molecular flexibility index (Phi) is 4.51. The summed E-state index contributed by atoms with van der Waals surface area (Å²) in [7, 11) is 0. The number of nitro groups is 1. The van der Waals surface area contributed by atoms with Crippen molar-refractivity contribution in [2.75, 3.05) is 5.32 Å². The molecule has 21 heavy (non-hydrogen) atoms. The highest BCUT2D eigenvalue weighted by Gasteiger charge is 2.19. The summed E-state index contributed by atoms with van der Waals surface area (Å²) in [5.74, 6) is -1.48. The third kappa shape index (κ3) is 3.54. The standard InChI is InChI=1S/C14H10FIN2O3/c1-8-6-11(18(20)21)7-12(13(8)15)14(19)17-10-4-2-9(16)3-5-10/h2-7H,1H3,(H,17,19). The summed E-state index contributed by atoms with van der Waals surface area (Å²) in [4.78, 5) is 22.2. The van der Waals surface area contributed by atoms with Crippen molar-refractivity contribution in [2.24, 2.45) is 0 Å². The van der Waals surface area contributed by atoms with E-state index in [9.17, 15) is 19.3 Å². The van der Waals surface area contributed by atoms with Crippen molar-refractivity contribution in [3.8, 4) is 0 Å². The normalized spacial score (nSPS) is 10.2. The molecule has 5 nitrogen and oxygen atoms in total. The van der Waals surface area contributed by atoms with Gasteiger partial charge in [-0.15, -0.1) is 0 Å². The molecule has 108 valence electrons. The molecule has 0 radical (unpaired) electrons. The molecule has 0 atom stereocenters. The van der Waals surface area contributed by atoms with E-state index >= 15 is 0 Å². The molecule has 0 saturated heterocycles. The summed E-state index contributed by atoms with van der Waals surface area (Å²) in [5, 5.41) is 13.3. The fourth-order valence-electron chi connectivity index (χ4n) is 1.75. The average molecular weight is 400 g/mol. The minimum absolute atomic E-state index is 0.0527. The van der Waals surface area contributed by atoms with Crippen LogP contribution in [0.2, 0.25) is 0 Å². The van der Waals surface area contributed by atoms with Crippen LogP contribution in [0, 0.1) is 26.4 Å². The van der Waals surface area contributed by atoms with Crippen LogP contribution in [0.1, 0.15) is 15.9 Å². The van der Waals surface area contributed by atoms with Crippen LogP contribution in [0.25, 0.3) is 0 Å². The molecule has 0 aliphatic heterocycles. The number of anilines is 1. The summed E-state index contributed by atoms with van der Waals surface area (Å²) in [6, 6.07) is 8.93. The highest BCUT2D eigenvalue weighted by molar-refractivity contribution is 14.1. The van der Waals surface area contributed by atoms with E-state index < -0.39 is 16.6 Å². The number of halogens is 2. The lowest BCUT2D eigenvalue weighted by Gasteiger charge is -2.08. The number of hydrogen-bond donors (Lipinski definition) is 1. The molecule has 0 fully saturated rings. The lowest BCUT2D eigenvalue weighted by atomic mass is 10.1. The number of carbonyl (C=O) groups excluding carboxylic acids is 1. The third-order valence-corrected chi connectivity index (χ3v) is 3.52. The first kappa shape index (κ1) is 15.4. The highest BCUT2D eigenvalue weighted by Crippen LogP contribution is 2.22. The fraction of sp³-hybridized carbons (Fsp3) is 0.0714. The maximum absolute atomic E-state index is 14.0. The summed E-state index contributed by atoms with van der Waals surface area (Å²) >= 11 is 2.12. The SMILES string of the molecule is Cc1cc([N+](=O)[O-])cc(C(=O)Nc2ccc(I)cc2)c1F. The number of aryl methyl sites for hydroxylation is 1. The molecule has 2 aromatic carbocycles. The molecule has 2 aromatic rings. The number of amides is 1. The minimum atomic E-state index is -0.761. The lowest BCUT2D eigenvalue weighted by molar-refractivity contribution is -0.385. The van der Waals surface area contributed by atoms with Crippen molar-refractivity contribution in [2.45, 2.75) is 6.92 Å². The third-order valence-electron chi connectivity index (χ3n) is 2.80. The van der Waals surface area contributed by atoms with Crippen LogP contribution >= 0.6 is 22.6 Å². The summed E-state index contributed by atoms with van der Waals surface area (Å²) < 4.78 is 15.0. The van der Waals surface area contributed by atoms with E-state index in [1.54, 1.807) is 24.3 Å². The van der Waals surface area contributed by atoms with Crippen LogP contribution < -0.4 is 5.32 Å². The van der Waals surface area contributed by atoms with Gasteiger partial charge in [0, 0.05) is 21.4 Å². The Balaban J connectivity index is 2.34. The topological polar surface area (TPSA) is 72.2 Å². The lowest BCUT2D eigenvalue weighted by Crippen LogP contribution is -2.15. The molecule has 7 heteroatoms. The van der Waals surface area contributed by atoms with Gasteiger partial charge >= 0.3 is 0 Å². The summed E-state index contributed by atoms with van der Waals surface area (Å²) in [5.41, 5.74) is -0.122. The van der Waals surface area contributed by atoms with Gasteiger partial charge in [-0.3, -0.25) is 14.9 Å². The molecule has 0 aliphatic carbocycles. The van der Waals surface area contributed by atoms with Crippen LogP contribution in [-0.2, 0) is 0 Å². The van der Waals surface area contributed by atoms with Gasteiger partial charge in [0.15, 0.2) is 0 Å². The maximum Gasteiger partial charge on any atom is 0.270 e. The van der Waals surface area contributed by atoms with Crippen LogP contribution in [0.5, 0.6) is 0 Å².